The third-order valence-electron chi connectivity index (χ3n) is 3.27. The number of nitrogens with one attached hydrogen (secondary N) is 1. The lowest BCUT2D eigenvalue weighted by atomic mass is 10.0. The van der Waals surface area contributed by atoms with Crippen LogP contribution in [-0.2, 0) is 11.2 Å². The fourth-order valence-corrected chi connectivity index (χ4v) is 2.08. The fourth-order valence-electron chi connectivity index (χ4n) is 2.08. The first kappa shape index (κ1) is 17.0. The van der Waals surface area contributed by atoms with Crippen molar-refractivity contribution in [3.63, 3.8) is 0 Å². The van der Waals surface area contributed by atoms with Crippen molar-refractivity contribution in [2.24, 2.45) is 0 Å². The number of aromatic hydroxyl groups is 1. The first-order chi connectivity index (χ1) is 11.5. The maximum absolute atomic E-state index is 13.6. The highest BCUT2D eigenvalue weighted by atomic mass is 19.1. The molecule has 0 fully saturated rings. The molecule has 120 valence electrons. The Morgan fingerprint density at radius 1 is 1.33 bits per heavy atom. The number of carbonyl (C=O) groups is 1. The van der Waals surface area contributed by atoms with Crippen molar-refractivity contribution in [2.45, 2.75) is 6.42 Å². The summed E-state index contributed by atoms with van der Waals surface area (Å²) in [4.78, 5) is 12.1. The zero-order chi connectivity index (χ0) is 17.5. The first-order valence-corrected chi connectivity index (χ1v) is 7.15. The molecule has 0 aliphatic heterocycles. The van der Waals surface area contributed by atoms with Crippen molar-refractivity contribution in [3.05, 3.63) is 77.6 Å². The predicted molar refractivity (Wildman–Crippen MR) is 90.6 cm³/mol. The number of nitriles is 1. The van der Waals surface area contributed by atoms with Crippen molar-refractivity contribution in [1.82, 2.24) is 0 Å². The Morgan fingerprint density at radius 3 is 2.75 bits per heavy atom. The van der Waals surface area contributed by atoms with Crippen LogP contribution in [0.5, 0.6) is 5.75 Å². The number of rotatable bonds is 5. The average Bonchev–Trinajstić information content (AvgIpc) is 2.57. The van der Waals surface area contributed by atoms with E-state index in [9.17, 15) is 19.6 Å². The number of nitrogens with zero attached hydrogens (tertiary/aromatic N) is 1. The maximum Gasteiger partial charge on any atom is 0.266 e. The molecule has 5 heteroatoms. The molecule has 0 unspecified atom stereocenters. The highest BCUT2D eigenvalue weighted by Gasteiger charge is 2.12. The van der Waals surface area contributed by atoms with E-state index in [0.717, 1.165) is 0 Å². The van der Waals surface area contributed by atoms with Gasteiger partial charge in [0.15, 0.2) is 0 Å². The Bertz CT molecular complexity index is 851. The van der Waals surface area contributed by atoms with Gasteiger partial charge in [-0.15, -0.1) is 6.58 Å². The van der Waals surface area contributed by atoms with Crippen molar-refractivity contribution < 1.29 is 14.3 Å². The zero-order valence-electron chi connectivity index (χ0n) is 12.8. The van der Waals surface area contributed by atoms with E-state index in [4.69, 9.17) is 0 Å². The van der Waals surface area contributed by atoms with Gasteiger partial charge in [0.1, 0.15) is 23.2 Å². The molecule has 0 atom stereocenters. The summed E-state index contributed by atoms with van der Waals surface area (Å²) in [6, 6.07) is 12.2. The van der Waals surface area contributed by atoms with Gasteiger partial charge in [0.05, 0.1) is 5.69 Å². The number of carbonyl (C=O) groups excluding carboxylic acids is 1. The summed E-state index contributed by atoms with van der Waals surface area (Å²) in [5.41, 5.74) is 1.03. The lowest BCUT2D eigenvalue weighted by molar-refractivity contribution is -0.112. The van der Waals surface area contributed by atoms with E-state index in [2.05, 4.69) is 11.9 Å². The standard InChI is InChI=1S/C19H15FN2O2/c1-2-5-14-10-13(8-9-18(14)23)11-15(12-21)19(24)22-17-7-4-3-6-16(17)20/h2-4,6-11,23H,1,5H2,(H,22,24)/b15-11-. The van der Waals surface area contributed by atoms with Crippen LogP contribution in [0.3, 0.4) is 0 Å². The summed E-state index contributed by atoms with van der Waals surface area (Å²) in [7, 11) is 0. The maximum atomic E-state index is 13.6. The summed E-state index contributed by atoms with van der Waals surface area (Å²) in [6.07, 6.45) is 3.47. The second-order valence-electron chi connectivity index (χ2n) is 4.98. The van der Waals surface area contributed by atoms with Crippen LogP contribution in [0.2, 0.25) is 0 Å². The molecule has 0 radical (unpaired) electrons. The van der Waals surface area contributed by atoms with E-state index in [-0.39, 0.29) is 17.0 Å². The summed E-state index contributed by atoms with van der Waals surface area (Å²) < 4.78 is 13.6. The van der Waals surface area contributed by atoms with Gasteiger partial charge in [-0.05, 0) is 47.9 Å². The van der Waals surface area contributed by atoms with Gasteiger partial charge in [-0.1, -0.05) is 24.3 Å². The molecule has 24 heavy (non-hydrogen) atoms. The molecule has 0 spiro atoms. The van der Waals surface area contributed by atoms with Gasteiger partial charge in [-0.2, -0.15) is 5.26 Å². The highest BCUT2D eigenvalue weighted by molar-refractivity contribution is 6.09. The van der Waals surface area contributed by atoms with Crippen molar-refractivity contribution >= 4 is 17.7 Å². The topological polar surface area (TPSA) is 73.1 Å². The van der Waals surface area contributed by atoms with Crippen LogP contribution in [0, 0.1) is 17.1 Å². The molecule has 0 heterocycles. The van der Waals surface area contributed by atoms with E-state index in [0.29, 0.717) is 17.5 Å². The van der Waals surface area contributed by atoms with E-state index in [1.54, 1.807) is 30.3 Å². The van der Waals surface area contributed by atoms with Gasteiger partial charge in [0.2, 0.25) is 0 Å². The minimum Gasteiger partial charge on any atom is -0.508 e. The van der Waals surface area contributed by atoms with Crippen molar-refractivity contribution in [3.8, 4) is 11.8 Å². The molecule has 4 nitrogen and oxygen atoms in total. The van der Waals surface area contributed by atoms with Gasteiger partial charge < -0.3 is 10.4 Å². The molecular formula is C19H15FN2O2. The third-order valence-corrected chi connectivity index (χ3v) is 3.27. The fraction of sp³-hybridized carbons (Fsp3) is 0.0526. The number of hydrogen-bond donors (Lipinski definition) is 2. The molecule has 2 aromatic rings. The number of amides is 1. The molecule has 0 saturated heterocycles. The minimum absolute atomic E-state index is 0.00158. The molecule has 2 rings (SSSR count). The molecule has 0 saturated carbocycles. The largest absolute Gasteiger partial charge is 0.508 e. The normalized spacial score (nSPS) is 10.8. The Balaban J connectivity index is 2.27. The van der Waals surface area contributed by atoms with Gasteiger partial charge in [-0.25, -0.2) is 4.39 Å². The highest BCUT2D eigenvalue weighted by Crippen LogP contribution is 2.21. The Kier molecular flexibility index (Phi) is 5.48. The van der Waals surface area contributed by atoms with E-state index in [1.165, 1.54) is 30.3 Å². The lowest BCUT2D eigenvalue weighted by Crippen LogP contribution is -2.14. The quantitative estimate of drug-likeness (QED) is 0.499. The zero-order valence-corrected chi connectivity index (χ0v) is 12.8. The molecular weight excluding hydrogens is 307 g/mol. The number of phenolic OH excluding ortho intramolecular Hbond substituents is 1. The monoisotopic (exact) mass is 322 g/mol. The van der Waals surface area contributed by atoms with Crippen LogP contribution < -0.4 is 5.32 Å². The van der Waals surface area contributed by atoms with Crippen LogP contribution in [0.15, 0.2) is 60.7 Å². The van der Waals surface area contributed by atoms with Crippen LogP contribution >= 0.6 is 0 Å². The summed E-state index contributed by atoms with van der Waals surface area (Å²) in [6.45, 7) is 3.61. The third kappa shape index (κ3) is 4.08. The van der Waals surface area contributed by atoms with Gasteiger partial charge in [0, 0.05) is 0 Å². The molecule has 2 N–H and O–H groups in total. The van der Waals surface area contributed by atoms with Crippen molar-refractivity contribution in [1.29, 1.82) is 5.26 Å². The number of para-hydroxylation sites is 1. The van der Waals surface area contributed by atoms with E-state index >= 15 is 0 Å². The van der Waals surface area contributed by atoms with Crippen LogP contribution in [0.1, 0.15) is 11.1 Å². The summed E-state index contributed by atoms with van der Waals surface area (Å²) >= 11 is 0. The Hall–Kier alpha value is -3.39. The number of phenols is 1. The van der Waals surface area contributed by atoms with Crippen molar-refractivity contribution in [2.75, 3.05) is 5.32 Å². The van der Waals surface area contributed by atoms with Gasteiger partial charge >= 0.3 is 0 Å². The van der Waals surface area contributed by atoms with Crippen LogP contribution in [-0.4, -0.2) is 11.0 Å². The second-order valence-corrected chi connectivity index (χ2v) is 4.98. The number of allylic oxidation sites excluding steroid dienone is 1. The first-order valence-electron chi connectivity index (χ1n) is 7.15. The molecule has 0 aliphatic rings. The summed E-state index contributed by atoms with van der Waals surface area (Å²) in [5.74, 6) is -1.18. The number of benzene rings is 2. The predicted octanol–water partition coefficient (Wildman–Crippen LogP) is 3.81. The Morgan fingerprint density at radius 2 is 2.08 bits per heavy atom. The molecule has 0 bridgehead atoms. The SMILES string of the molecule is C=CCc1cc(/C=C(/C#N)C(=O)Nc2ccccc2F)ccc1O. The minimum atomic E-state index is -0.707. The number of halogens is 1. The molecule has 2 aromatic carbocycles. The smallest absolute Gasteiger partial charge is 0.266 e. The van der Waals surface area contributed by atoms with Crippen LogP contribution in [0.4, 0.5) is 10.1 Å². The molecule has 0 aliphatic carbocycles. The van der Waals surface area contributed by atoms with Gasteiger partial charge in [-0.3, -0.25) is 4.79 Å². The lowest BCUT2D eigenvalue weighted by Gasteiger charge is -2.06. The second kappa shape index (κ2) is 7.75. The molecule has 0 aromatic heterocycles. The average molecular weight is 322 g/mol. The van der Waals surface area contributed by atoms with Gasteiger partial charge in [0.25, 0.3) is 5.91 Å². The summed E-state index contributed by atoms with van der Waals surface area (Å²) in [5, 5.41) is 21.3. The van der Waals surface area contributed by atoms with E-state index < -0.39 is 11.7 Å². The van der Waals surface area contributed by atoms with Crippen LogP contribution in [0.25, 0.3) is 6.08 Å². The number of anilines is 1. The number of hydrogen-bond acceptors (Lipinski definition) is 3. The Labute approximate surface area is 139 Å². The van der Waals surface area contributed by atoms with E-state index in [1.807, 2.05) is 0 Å². The molecule has 1 amide bonds.